The minimum Gasteiger partial charge on any atom is -0.380 e. The van der Waals surface area contributed by atoms with Gasteiger partial charge in [0.15, 0.2) is 5.82 Å². The number of ether oxygens (including phenoxy) is 1. The molecule has 1 aromatic heterocycles. The average Bonchev–Trinajstić information content (AvgIpc) is 2.89. The number of amides is 1. The molecule has 0 radical (unpaired) electrons. The van der Waals surface area contributed by atoms with Crippen molar-refractivity contribution in [3.63, 3.8) is 0 Å². The molecule has 2 heterocycles. The van der Waals surface area contributed by atoms with Crippen molar-refractivity contribution >= 4 is 35.1 Å². The molecule has 208 valence electrons. The molecule has 9 heteroatoms. The molecule has 2 aromatic carbocycles. The highest BCUT2D eigenvalue weighted by molar-refractivity contribution is 6.31. The molecule has 1 saturated heterocycles. The molecule has 0 bridgehead atoms. The van der Waals surface area contributed by atoms with Gasteiger partial charge in [-0.2, -0.15) is 0 Å². The quantitative estimate of drug-likeness (QED) is 0.300. The van der Waals surface area contributed by atoms with Crippen LogP contribution in [0.25, 0.3) is 6.20 Å². The Bertz CT molecular complexity index is 1540. The van der Waals surface area contributed by atoms with Gasteiger partial charge in [-0.25, -0.2) is 8.78 Å². The van der Waals surface area contributed by atoms with Crippen molar-refractivity contribution in [2.24, 2.45) is 10.9 Å². The van der Waals surface area contributed by atoms with Gasteiger partial charge >= 0.3 is 0 Å². The molecule has 1 N–H and O–H groups in total. The van der Waals surface area contributed by atoms with Gasteiger partial charge in [-0.3, -0.25) is 19.1 Å². The van der Waals surface area contributed by atoms with Crippen LogP contribution in [0.5, 0.6) is 0 Å². The number of hydrogen-bond acceptors (Lipinski definition) is 4. The van der Waals surface area contributed by atoms with Crippen molar-refractivity contribution in [2.45, 2.75) is 33.1 Å². The summed E-state index contributed by atoms with van der Waals surface area (Å²) in [5.74, 6) is -1.66. The Morgan fingerprint density at radius 2 is 1.95 bits per heavy atom. The van der Waals surface area contributed by atoms with Crippen LogP contribution in [0, 0.1) is 24.5 Å². The highest BCUT2D eigenvalue weighted by Gasteiger charge is 2.27. The number of halogens is 3. The Kier molecular flexibility index (Phi) is 9.45. The van der Waals surface area contributed by atoms with Gasteiger partial charge in [0.25, 0.3) is 5.56 Å². The van der Waals surface area contributed by atoms with Gasteiger partial charge in [0, 0.05) is 23.7 Å². The number of allylic oxidation sites excluding steroid dienone is 2. The van der Waals surface area contributed by atoms with Crippen molar-refractivity contribution in [2.75, 3.05) is 18.5 Å². The van der Waals surface area contributed by atoms with Crippen LogP contribution in [0.15, 0.2) is 76.7 Å². The van der Waals surface area contributed by atoms with E-state index in [1.54, 1.807) is 44.2 Å². The Morgan fingerprint density at radius 3 is 2.60 bits per heavy atom. The normalized spacial score (nSPS) is 15.0. The molecule has 1 aliphatic rings. The lowest BCUT2D eigenvalue weighted by Gasteiger charge is -2.24. The summed E-state index contributed by atoms with van der Waals surface area (Å²) in [7, 11) is 0. The summed E-state index contributed by atoms with van der Waals surface area (Å²) in [5.41, 5.74) is 2.25. The lowest BCUT2D eigenvalue weighted by Crippen LogP contribution is -2.38. The SMILES string of the molecule is C/C=C/N=C(/C=C/n1c(C)cc(C(C)Cc2ccc(F)cc2)c(Cl)c1=O)c1cccc(NC(=O)C2COC2)c1F. The third kappa shape index (κ3) is 6.63. The fourth-order valence-electron chi connectivity index (χ4n) is 4.33. The Labute approximate surface area is 236 Å². The molecule has 4 rings (SSSR count). The summed E-state index contributed by atoms with van der Waals surface area (Å²) in [6, 6.07) is 12.7. The third-order valence-electron chi connectivity index (χ3n) is 6.68. The summed E-state index contributed by atoms with van der Waals surface area (Å²) in [6.45, 7) is 6.13. The van der Waals surface area contributed by atoms with Gasteiger partial charge in [0.1, 0.15) is 10.8 Å². The first-order valence-corrected chi connectivity index (χ1v) is 13.3. The lowest BCUT2D eigenvalue weighted by molar-refractivity contribution is -0.133. The number of nitrogens with one attached hydrogen (secondary N) is 1. The van der Waals surface area contributed by atoms with E-state index in [0.29, 0.717) is 30.9 Å². The first-order valence-electron chi connectivity index (χ1n) is 12.9. The van der Waals surface area contributed by atoms with Crippen molar-refractivity contribution in [1.82, 2.24) is 4.57 Å². The van der Waals surface area contributed by atoms with Gasteiger partial charge in [-0.1, -0.05) is 42.8 Å². The first kappa shape index (κ1) is 29.1. The highest BCUT2D eigenvalue weighted by atomic mass is 35.5. The second-order valence-electron chi connectivity index (χ2n) is 9.67. The van der Waals surface area contributed by atoms with E-state index < -0.39 is 11.4 Å². The highest BCUT2D eigenvalue weighted by Crippen LogP contribution is 2.27. The summed E-state index contributed by atoms with van der Waals surface area (Å²) >= 11 is 6.53. The van der Waals surface area contributed by atoms with Crippen molar-refractivity contribution in [3.8, 4) is 0 Å². The largest absolute Gasteiger partial charge is 0.380 e. The number of aromatic nitrogens is 1. The van der Waals surface area contributed by atoms with Crippen molar-refractivity contribution < 1.29 is 18.3 Å². The number of carbonyl (C=O) groups excluding carboxylic acids is 1. The summed E-state index contributed by atoms with van der Waals surface area (Å²) in [5, 5.41) is 2.69. The molecule has 1 atom stereocenters. The molecular weight excluding hydrogens is 536 g/mol. The molecule has 1 unspecified atom stereocenters. The van der Waals surface area contributed by atoms with E-state index in [0.717, 1.165) is 5.56 Å². The fraction of sp³-hybridized carbons (Fsp3) is 0.258. The molecule has 40 heavy (non-hydrogen) atoms. The van der Waals surface area contributed by atoms with E-state index in [-0.39, 0.29) is 45.5 Å². The van der Waals surface area contributed by atoms with Crippen LogP contribution >= 0.6 is 11.6 Å². The lowest BCUT2D eigenvalue weighted by atomic mass is 9.93. The number of carbonyl (C=O) groups is 1. The molecule has 0 aliphatic carbocycles. The first-order chi connectivity index (χ1) is 19.2. The Morgan fingerprint density at radius 1 is 1.23 bits per heavy atom. The summed E-state index contributed by atoms with van der Waals surface area (Å²) in [6.07, 6.45) is 6.81. The second-order valence-corrected chi connectivity index (χ2v) is 10.0. The zero-order chi connectivity index (χ0) is 28.8. The smallest absolute Gasteiger partial charge is 0.273 e. The van der Waals surface area contributed by atoms with Crippen LogP contribution in [-0.4, -0.2) is 29.4 Å². The van der Waals surface area contributed by atoms with E-state index in [4.69, 9.17) is 16.3 Å². The van der Waals surface area contributed by atoms with Crippen LogP contribution < -0.4 is 10.9 Å². The molecule has 1 aliphatic heterocycles. The summed E-state index contributed by atoms with van der Waals surface area (Å²) < 4.78 is 35.2. The zero-order valence-corrected chi connectivity index (χ0v) is 23.2. The van der Waals surface area contributed by atoms with Crippen LogP contribution in [0.2, 0.25) is 5.02 Å². The average molecular weight is 566 g/mol. The Hall–Kier alpha value is -3.88. The maximum absolute atomic E-state index is 15.5. The maximum atomic E-state index is 15.5. The molecule has 1 fully saturated rings. The monoisotopic (exact) mass is 565 g/mol. The zero-order valence-electron chi connectivity index (χ0n) is 22.5. The van der Waals surface area contributed by atoms with Crippen LogP contribution in [0.4, 0.5) is 14.5 Å². The van der Waals surface area contributed by atoms with E-state index in [2.05, 4.69) is 10.3 Å². The number of rotatable bonds is 9. The summed E-state index contributed by atoms with van der Waals surface area (Å²) in [4.78, 5) is 29.9. The van der Waals surface area contributed by atoms with Crippen molar-refractivity contribution in [1.29, 1.82) is 0 Å². The molecular formula is C31H30ClF2N3O3. The van der Waals surface area contributed by atoms with E-state index in [1.807, 2.05) is 13.0 Å². The number of aryl methyl sites for hydroxylation is 1. The number of pyridine rings is 1. The Balaban J connectivity index is 1.63. The fourth-order valence-corrected chi connectivity index (χ4v) is 4.66. The number of benzene rings is 2. The number of aliphatic imine (C=N–C) groups is 1. The predicted molar refractivity (Wildman–Crippen MR) is 155 cm³/mol. The minimum atomic E-state index is -0.643. The molecule has 0 saturated carbocycles. The van der Waals surface area contributed by atoms with E-state index >= 15 is 4.39 Å². The van der Waals surface area contributed by atoms with Gasteiger partial charge in [-0.15, -0.1) is 0 Å². The second kappa shape index (κ2) is 13.0. The molecule has 1 amide bonds. The maximum Gasteiger partial charge on any atom is 0.273 e. The van der Waals surface area contributed by atoms with E-state index in [1.165, 1.54) is 41.2 Å². The predicted octanol–water partition coefficient (Wildman–Crippen LogP) is 6.51. The molecule has 6 nitrogen and oxygen atoms in total. The number of anilines is 1. The van der Waals surface area contributed by atoms with Gasteiger partial charge in [-0.05, 0) is 73.7 Å². The standard InChI is InChI=1S/C31H30ClF2N3O3/c1-4-13-35-26(24-6-5-7-27(29(24)34)36-30(38)22-17-40-18-22)12-14-37-20(3)16-25(28(32)31(37)39)19(2)15-21-8-10-23(33)11-9-21/h4-14,16,19,22H,15,17-18H2,1-3H3,(H,36,38)/b13-4+,14-12+,35-26-. The number of nitrogens with zero attached hydrogens (tertiary/aromatic N) is 2. The number of hydrogen-bond donors (Lipinski definition) is 1. The molecule has 3 aromatic rings. The topological polar surface area (TPSA) is 72.7 Å². The van der Waals surface area contributed by atoms with E-state index in [9.17, 15) is 14.0 Å². The van der Waals surface area contributed by atoms with Crippen LogP contribution in [0.1, 0.15) is 42.1 Å². The third-order valence-corrected chi connectivity index (χ3v) is 7.06. The van der Waals surface area contributed by atoms with Gasteiger partial charge < -0.3 is 10.1 Å². The van der Waals surface area contributed by atoms with Crippen LogP contribution in [0.3, 0.4) is 0 Å². The van der Waals surface area contributed by atoms with Crippen LogP contribution in [-0.2, 0) is 16.0 Å². The van der Waals surface area contributed by atoms with Crippen molar-refractivity contribution in [3.05, 3.63) is 116 Å². The molecule has 0 spiro atoms. The van der Waals surface area contributed by atoms with Gasteiger partial charge in [0.2, 0.25) is 5.91 Å². The minimum absolute atomic E-state index is 0.0341. The van der Waals surface area contributed by atoms with Gasteiger partial charge in [0.05, 0.1) is 30.5 Å².